The lowest BCUT2D eigenvalue weighted by molar-refractivity contribution is -0.133. The van der Waals surface area contributed by atoms with Gasteiger partial charge in [-0.05, 0) is 29.8 Å². The first-order valence-electron chi connectivity index (χ1n) is 9.12. The minimum atomic E-state index is -1.23. The van der Waals surface area contributed by atoms with Gasteiger partial charge in [-0.25, -0.2) is 9.78 Å². The number of rotatable bonds is 5. The molecule has 3 aromatic rings. The van der Waals surface area contributed by atoms with E-state index in [0.29, 0.717) is 40.9 Å². The molecule has 1 aliphatic rings. The summed E-state index contributed by atoms with van der Waals surface area (Å²) in [5.41, 5.74) is -0.196. The molecule has 1 fully saturated rings. The zero-order valence-electron chi connectivity index (χ0n) is 16.0. The lowest BCUT2D eigenvalue weighted by atomic mass is 9.88. The van der Waals surface area contributed by atoms with Crippen LogP contribution in [0.3, 0.4) is 0 Å². The van der Waals surface area contributed by atoms with E-state index in [1.54, 1.807) is 36.5 Å². The third-order valence-corrected chi connectivity index (χ3v) is 5.59. The number of ether oxygens (including phenoxy) is 2. The van der Waals surface area contributed by atoms with E-state index in [2.05, 4.69) is 25.0 Å². The number of pyridine rings is 1. The second kappa shape index (κ2) is 9.99. The number of benzene rings is 1. The van der Waals surface area contributed by atoms with E-state index in [4.69, 9.17) is 32.7 Å². The highest BCUT2D eigenvalue weighted by Crippen LogP contribution is 2.37. The first-order valence-corrected chi connectivity index (χ1v) is 9.88. The first-order chi connectivity index (χ1) is 14.5. The number of aromatic amines is 1. The summed E-state index contributed by atoms with van der Waals surface area (Å²) in [7, 11) is 0. The van der Waals surface area contributed by atoms with Gasteiger partial charge in [-0.3, -0.25) is 9.51 Å². The molecule has 2 atom stereocenters. The van der Waals surface area contributed by atoms with Crippen molar-refractivity contribution in [3.05, 3.63) is 62.7 Å². The molecule has 31 heavy (non-hydrogen) atoms. The Morgan fingerprint density at radius 2 is 2.13 bits per heavy atom. The van der Waals surface area contributed by atoms with Crippen LogP contribution in [-0.4, -0.2) is 52.6 Å². The summed E-state index contributed by atoms with van der Waals surface area (Å²) in [6, 6.07) is 8.38. The van der Waals surface area contributed by atoms with Gasteiger partial charge in [-0.15, -0.1) is 12.4 Å². The summed E-state index contributed by atoms with van der Waals surface area (Å²) in [4.78, 5) is 18.1. The molecule has 0 bridgehead atoms. The molecule has 3 N–H and O–H groups in total. The van der Waals surface area contributed by atoms with Crippen LogP contribution in [0.25, 0.3) is 11.4 Å². The topological polar surface area (TPSA) is 123 Å². The molecule has 0 amide bonds. The van der Waals surface area contributed by atoms with Gasteiger partial charge in [-0.2, -0.15) is 0 Å². The third kappa shape index (κ3) is 4.72. The van der Waals surface area contributed by atoms with E-state index in [1.165, 1.54) is 0 Å². The van der Waals surface area contributed by atoms with Gasteiger partial charge in [0.25, 0.3) is 0 Å². The largest absolute Gasteiger partial charge is 0.469 e. The van der Waals surface area contributed by atoms with Crippen molar-refractivity contribution >= 4 is 35.6 Å². The first kappa shape index (κ1) is 23.5. The molecular formula is C19H19Cl3N4O5. The molecule has 3 heterocycles. The van der Waals surface area contributed by atoms with Gasteiger partial charge in [0.1, 0.15) is 6.10 Å². The molecule has 166 valence electrons. The molecule has 0 spiro atoms. The molecule has 2 aromatic heterocycles. The Bertz CT molecular complexity index is 1090. The molecule has 1 saturated heterocycles. The summed E-state index contributed by atoms with van der Waals surface area (Å²) in [5.74, 6) is -0.327. The molecule has 0 saturated carbocycles. The van der Waals surface area contributed by atoms with E-state index >= 15 is 0 Å². The average Bonchev–Trinajstić information content (AvgIpc) is 3.08. The second-order valence-corrected chi connectivity index (χ2v) is 7.45. The van der Waals surface area contributed by atoms with Crippen LogP contribution < -0.4 is 15.8 Å². The van der Waals surface area contributed by atoms with Crippen molar-refractivity contribution in [1.82, 2.24) is 20.4 Å². The Kier molecular flexibility index (Phi) is 7.58. The summed E-state index contributed by atoms with van der Waals surface area (Å²) >= 11 is 12.3. The van der Waals surface area contributed by atoms with Gasteiger partial charge in [0.2, 0.25) is 5.88 Å². The Balaban J connectivity index is 0.00000272. The van der Waals surface area contributed by atoms with Crippen LogP contribution >= 0.6 is 35.6 Å². The minimum Gasteiger partial charge on any atom is -0.469 e. The fourth-order valence-corrected chi connectivity index (χ4v) is 3.64. The van der Waals surface area contributed by atoms with Crippen molar-refractivity contribution in [2.45, 2.75) is 11.7 Å². The number of aliphatic hydroxyl groups excluding tert-OH is 1. The molecule has 0 radical (unpaired) electrons. The van der Waals surface area contributed by atoms with E-state index in [0.717, 1.165) is 0 Å². The number of H-pyrrole nitrogens is 1. The molecule has 4 rings (SSSR count). The van der Waals surface area contributed by atoms with Crippen LogP contribution in [0.4, 0.5) is 0 Å². The van der Waals surface area contributed by atoms with Crippen molar-refractivity contribution in [2.24, 2.45) is 0 Å². The summed E-state index contributed by atoms with van der Waals surface area (Å²) < 4.78 is 16.9. The van der Waals surface area contributed by atoms with Crippen molar-refractivity contribution < 1.29 is 19.1 Å². The van der Waals surface area contributed by atoms with Crippen molar-refractivity contribution in [1.29, 1.82) is 0 Å². The monoisotopic (exact) mass is 488 g/mol. The third-order valence-electron chi connectivity index (χ3n) is 4.85. The maximum atomic E-state index is 11.4. The highest BCUT2D eigenvalue weighted by Gasteiger charge is 2.45. The number of hydrogen-bond acceptors (Lipinski definition) is 8. The Morgan fingerprint density at radius 1 is 1.29 bits per heavy atom. The van der Waals surface area contributed by atoms with Crippen LogP contribution in [-0.2, 0) is 10.3 Å². The van der Waals surface area contributed by atoms with Gasteiger partial charge in [-0.1, -0.05) is 34.4 Å². The summed E-state index contributed by atoms with van der Waals surface area (Å²) in [5, 5.41) is 18.1. The Labute approximate surface area is 193 Å². The second-order valence-electron chi connectivity index (χ2n) is 6.64. The van der Waals surface area contributed by atoms with Crippen molar-refractivity contribution in [3.63, 3.8) is 0 Å². The van der Waals surface area contributed by atoms with E-state index < -0.39 is 17.5 Å². The number of halogens is 3. The van der Waals surface area contributed by atoms with Crippen LogP contribution in [0, 0.1) is 0 Å². The van der Waals surface area contributed by atoms with Crippen LogP contribution in [0.15, 0.2) is 45.8 Å². The van der Waals surface area contributed by atoms with Crippen LogP contribution in [0.1, 0.15) is 5.56 Å². The van der Waals surface area contributed by atoms with Gasteiger partial charge in [0.15, 0.2) is 11.4 Å². The van der Waals surface area contributed by atoms with Crippen LogP contribution in [0.5, 0.6) is 5.88 Å². The Morgan fingerprint density at radius 3 is 2.84 bits per heavy atom. The maximum Gasteiger partial charge on any atom is 0.439 e. The predicted octanol–water partition coefficient (Wildman–Crippen LogP) is 2.41. The van der Waals surface area contributed by atoms with E-state index in [1.807, 2.05) is 0 Å². The van der Waals surface area contributed by atoms with Gasteiger partial charge in [0, 0.05) is 19.3 Å². The lowest BCUT2D eigenvalue weighted by Crippen LogP contribution is -2.51. The van der Waals surface area contributed by atoms with Gasteiger partial charge in [0.05, 0.1) is 28.8 Å². The fourth-order valence-electron chi connectivity index (χ4n) is 3.35. The molecule has 2 unspecified atom stereocenters. The number of aromatic nitrogens is 3. The number of aliphatic hydroxyl groups is 1. The molecule has 1 aromatic carbocycles. The summed E-state index contributed by atoms with van der Waals surface area (Å²) in [6.07, 6.45) is 0.844. The lowest BCUT2D eigenvalue weighted by Gasteiger charge is -2.38. The summed E-state index contributed by atoms with van der Waals surface area (Å²) in [6.45, 7) is 0.882. The highest BCUT2D eigenvalue weighted by molar-refractivity contribution is 6.42. The van der Waals surface area contributed by atoms with Crippen molar-refractivity contribution in [3.8, 4) is 17.3 Å². The number of hydrogen-bond donors (Lipinski definition) is 3. The maximum absolute atomic E-state index is 11.4. The average molecular weight is 490 g/mol. The van der Waals surface area contributed by atoms with Gasteiger partial charge >= 0.3 is 5.76 Å². The molecule has 1 aliphatic heterocycles. The highest BCUT2D eigenvalue weighted by atomic mass is 35.5. The standard InChI is InChI=1S/C19H18Cl2N4O5.ClH/c20-13-4-3-11(8-14(13)21)19(10-26)15(9-22-6-7-28-19)29-17-12(2-1-5-23-17)16-24-18(27)30-25-16;/h1-5,8,15,22,26H,6-7,9-10H2,(H,24,25,27);1H. The number of nitrogens with one attached hydrogen (secondary N) is 2. The Hall–Kier alpha value is -2.14. The molecule has 9 nitrogen and oxygen atoms in total. The molecule has 12 heteroatoms. The number of nitrogens with zero attached hydrogens (tertiary/aromatic N) is 2. The zero-order valence-corrected chi connectivity index (χ0v) is 18.3. The van der Waals surface area contributed by atoms with E-state index in [-0.39, 0.29) is 30.7 Å². The molecule has 0 aliphatic carbocycles. The minimum absolute atomic E-state index is 0. The fraction of sp³-hybridized carbons (Fsp3) is 0.316. The van der Waals surface area contributed by atoms with Crippen LogP contribution in [0.2, 0.25) is 10.0 Å². The van der Waals surface area contributed by atoms with E-state index in [9.17, 15) is 9.90 Å². The normalized spacial score (nSPS) is 21.2. The zero-order chi connectivity index (χ0) is 21.1. The predicted molar refractivity (Wildman–Crippen MR) is 116 cm³/mol. The quantitative estimate of drug-likeness (QED) is 0.499. The van der Waals surface area contributed by atoms with Gasteiger partial charge < -0.3 is 19.9 Å². The van der Waals surface area contributed by atoms with Crippen molar-refractivity contribution in [2.75, 3.05) is 26.3 Å². The smallest absolute Gasteiger partial charge is 0.439 e. The molecular weight excluding hydrogens is 471 g/mol. The SMILES string of the molecule is Cl.O=c1[nH]c(-c2cccnc2OC2CNCCOC2(CO)c2ccc(Cl)c(Cl)c2)no1.